The summed E-state index contributed by atoms with van der Waals surface area (Å²) in [6, 6.07) is 10.5. The summed E-state index contributed by atoms with van der Waals surface area (Å²) in [5.41, 5.74) is 0.918. The molecule has 0 saturated carbocycles. The van der Waals surface area contributed by atoms with Crippen LogP contribution in [0.25, 0.3) is 0 Å². The van der Waals surface area contributed by atoms with E-state index in [1.165, 1.54) is 5.69 Å². The lowest BCUT2D eigenvalue weighted by molar-refractivity contribution is -0.128. The summed E-state index contributed by atoms with van der Waals surface area (Å²) in [5, 5.41) is 6.32. The molecule has 0 aromatic heterocycles. The standard InChI is InChI=1S/C20H33N5O.HI/c1-5-21-19(23-12-11-22-18(26)20(2,3)4)25-15-13-24(14-16-25)17-9-7-6-8-10-17;/h6-10H,5,11-16H2,1-4H3,(H,21,23)(H,22,26);1H. The Morgan fingerprint density at radius 1 is 1.07 bits per heavy atom. The monoisotopic (exact) mass is 487 g/mol. The van der Waals surface area contributed by atoms with Gasteiger partial charge in [-0.3, -0.25) is 9.79 Å². The van der Waals surface area contributed by atoms with Crippen LogP contribution in [0.4, 0.5) is 5.69 Å². The number of hydrogen-bond acceptors (Lipinski definition) is 3. The summed E-state index contributed by atoms with van der Waals surface area (Å²) in [5.74, 6) is 0.999. The van der Waals surface area contributed by atoms with Crippen molar-refractivity contribution in [2.24, 2.45) is 10.4 Å². The second-order valence-corrected chi connectivity index (χ2v) is 7.55. The Morgan fingerprint density at radius 3 is 2.26 bits per heavy atom. The molecule has 1 aliphatic rings. The minimum Gasteiger partial charge on any atom is -0.368 e. The molecule has 27 heavy (non-hydrogen) atoms. The number of para-hydroxylation sites is 1. The molecule has 1 heterocycles. The number of hydrogen-bond donors (Lipinski definition) is 2. The maximum Gasteiger partial charge on any atom is 0.225 e. The van der Waals surface area contributed by atoms with E-state index in [0.29, 0.717) is 13.1 Å². The van der Waals surface area contributed by atoms with Crippen LogP contribution in [0.1, 0.15) is 27.7 Å². The van der Waals surface area contributed by atoms with Gasteiger partial charge in [0.15, 0.2) is 5.96 Å². The summed E-state index contributed by atoms with van der Waals surface area (Å²) in [6.45, 7) is 13.7. The number of aliphatic imine (C=N–C) groups is 1. The number of benzene rings is 1. The molecule has 0 bridgehead atoms. The van der Waals surface area contributed by atoms with Gasteiger partial charge in [0.1, 0.15) is 0 Å². The van der Waals surface area contributed by atoms with Crippen LogP contribution in [0, 0.1) is 5.41 Å². The third-order valence-electron chi connectivity index (χ3n) is 4.38. The number of piperazine rings is 1. The van der Waals surface area contributed by atoms with Crippen molar-refractivity contribution >= 4 is 41.5 Å². The lowest BCUT2D eigenvalue weighted by Gasteiger charge is -2.37. The molecular formula is C20H34IN5O. The molecule has 1 saturated heterocycles. The molecule has 0 aliphatic carbocycles. The minimum absolute atomic E-state index is 0. The molecule has 6 nitrogen and oxygen atoms in total. The van der Waals surface area contributed by atoms with Crippen molar-refractivity contribution in [1.82, 2.24) is 15.5 Å². The maximum absolute atomic E-state index is 11.9. The zero-order valence-electron chi connectivity index (χ0n) is 17.0. The SMILES string of the molecule is CCNC(=NCCNC(=O)C(C)(C)C)N1CCN(c2ccccc2)CC1.I. The molecule has 1 fully saturated rings. The molecular weight excluding hydrogens is 453 g/mol. The fourth-order valence-electron chi connectivity index (χ4n) is 2.84. The molecule has 1 amide bonds. The highest BCUT2D eigenvalue weighted by Crippen LogP contribution is 2.15. The van der Waals surface area contributed by atoms with E-state index >= 15 is 0 Å². The van der Waals surface area contributed by atoms with Gasteiger partial charge >= 0.3 is 0 Å². The van der Waals surface area contributed by atoms with E-state index in [-0.39, 0.29) is 35.3 Å². The van der Waals surface area contributed by atoms with Crippen LogP contribution in [0.3, 0.4) is 0 Å². The number of guanidine groups is 1. The molecule has 0 unspecified atom stereocenters. The highest BCUT2D eigenvalue weighted by molar-refractivity contribution is 14.0. The first kappa shape index (κ1) is 23.5. The third-order valence-corrected chi connectivity index (χ3v) is 4.38. The molecule has 152 valence electrons. The zero-order valence-corrected chi connectivity index (χ0v) is 19.3. The van der Waals surface area contributed by atoms with E-state index in [1.807, 2.05) is 26.8 Å². The van der Waals surface area contributed by atoms with Gasteiger partial charge in [-0.15, -0.1) is 24.0 Å². The summed E-state index contributed by atoms with van der Waals surface area (Å²) in [7, 11) is 0. The van der Waals surface area contributed by atoms with Crippen molar-refractivity contribution in [3.8, 4) is 0 Å². The van der Waals surface area contributed by atoms with Gasteiger partial charge in [0.05, 0.1) is 6.54 Å². The van der Waals surface area contributed by atoms with Gasteiger partial charge in [-0.1, -0.05) is 39.0 Å². The summed E-state index contributed by atoms with van der Waals surface area (Å²) >= 11 is 0. The van der Waals surface area contributed by atoms with Crippen LogP contribution in [0.2, 0.25) is 0 Å². The third kappa shape index (κ3) is 7.56. The van der Waals surface area contributed by atoms with Gasteiger partial charge in [0, 0.05) is 50.4 Å². The molecule has 1 aliphatic heterocycles. The molecule has 0 atom stereocenters. The Morgan fingerprint density at radius 2 is 1.70 bits per heavy atom. The lowest BCUT2D eigenvalue weighted by atomic mass is 9.96. The quantitative estimate of drug-likeness (QED) is 0.290. The van der Waals surface area contributed by atoms with Gasteiger partial charge in [-0.2, -0.15) is 0 Å². The average Bonchev–Trinajstić information content (AvgIpc) is 2.64. The molecule has 7 heteroatoms. The van der Waals surface area contributed by atoms with Crippen LogP contribution >= 0.6 is 24.0 Å². The second-order valence-electron chi connectivity index (χ2n) is 7.55. The predicted molar refractivity (Wildman–Crippen MR) is 124 cm³/mol. The molecule has 1 aromatic rings. The van der Waals surface area contributed by atoms with Crippen molar-refractivity contribution in [3.63, 3.8) is 0 Å². The number of carbonyl (C=O) groups is 1. The van der Waals surface area contributed by atoms with Gasteiger partial charge in [-0.05, 0) is 19.1 Å². The predicted octanol–water partition coefficient (Wildman–Crippen LogP) is 2.55. The fourth-order valence-corrected chi connectivity index (χ4v) is 2.84. The minimum atomic E-state index is -0.359. The largest absolute Gasteiger partial charge is 0.368 e. The van der Waals surface area contributed by atoms with E-state index in [4.69, 9.17) is 0 Å². The first-order chi connectivity index (χ1) is 12.4. The van der Waals surface area contributed by atoms with Gasteiger partial charge in [-0.25, -0.2) is 0 Å². The van der Waals surface area contributed by atoms with E-state index in [0.717, 1.165) is 38.7 Å². The number of rotatable bonds is 5. The number of nitrogens with zero attached hydrogens (tertiary/aromatic N) is 3. The van der Waals surface area contributed by atoms with Crippen LogP contribution in [-0.2, 0) is 4.79 Å². The van der Waals surface area contributed by atoms with E-state index in [2.05, 4.69) is 56.6 Å². The van der Waals surface area contributed by atoms with Crippen molar-refractivity contribution in [1.29, 1.82) is 0 Å². The first-order valence-corrected chi connectivity index (χ1v) is 9.53. The molecule has 2 N–H and O–H groups in total. The zero-order chi connectivity index (χ0) is 19.0. The molecule has 0 spiro atoms. The normalized spacial score (nSPS) is 15.2. The number of nitrogens with one attached hydrogen (secondary N) is 2. The van der Waals surface area contributed by atoms with Crippen LogP contribution < -0.4 is 15.5 Å². The van der Waals surface area contributed by atoms with Crippen molar-refractivity contribution in [2.45, 2.75) is 27.7 Å². The van der Waals surface area contributed by atoms with Crippen LogP contribution in [0.15, 0.2) is 35.3 Å². The van der Waals surface area contributed by atoms with E-state index < -0.39 is 0 Å². The number of carbonyl (C=O) groups excluding carboxylic acids is 1. The second kappa shape index (κ2) is 11.4. The smallest absolute Gasteiger partial charge is 0.225 e. The van der Waals surface area contributed by atoms with Crippen molar-refractivity contribution in [3.05, 3.63) is 30.3 Å². The molecule has 0 radical (unpaired) electrons. The Balaban J connectivity index is 0.00000364. The maximum atomic E-state index is 11.9. The number of amides is 1. The Kier molecular flexibility index (Phi) is 9.90. The Bertz CT molecular complexity index is 592. The summed E-state index contributed by atoms with van der Waals surface area (Å²) in [4.78, 5) is 21.3. The first-order valence-electron chi connectivity index (χ1n) is 9.53. The van der Waals surface area contributed by atoms with Crippen LogP contribution in [0.5, 0.6) is 0 Å². The number of halogens is 1. The summed E-state index contributed by atoms with van der Waals surface area (Å²) in [6.07, 6.45) is 0. The van der Waals surface area contributed by atoms with Crippen molar-refractivity contribution in [2.75, 3.05) is 50.7 Å². The van der Waals surface area contributed by atoms with Crippen LogP contribution in [-0.4, -0.2) is 62.6 Å². The highest BCUT2D eigenvalue weighted by Gasteiger charge is 2.21. The van der Waals surface area contributed by atoms with Gasteiger partial charge < -0.3 is 20.4 Å². The number of anilines is 1. The summed E-state index contributed by atoms with van der Waals surface area (Å²) < 4.78 is 0. The lowest BCUT2D eigenvalue weighted by Crippen LogP contribution is -2.52. The van der Waals surface area contributed by atoms with E-state index in [1.54, 1.807) is 0 Å². The van der Waals surface area contributed by atoms with Crippen molar-refractivity contribution < 1.29 is 4.79 Å². The highest BCUT2D eigenvalue weighted by atomic mass is 127. The molecule has 1 aromatic carbocycles. The van der Waals surface area contributed by atoms with Gasteiger partial charge in [0.25, 0.3) is 0 Å². The Labute approximate surface area is 180 Å². The van der Waals surface area contributed by atoms with Gasteiger partial charge in [0.2, 0.25) is 5.91 Å². The average molecular weight is 487 g/mol. The fraction of sp³-hybridized carbons (Fsp3) is 0.600. The topological polar surface area (TPSA) is 60.0 Å². The molecule has 2 rings (SSSR count). The Hall–Kier alpha value is -1.51. The van der Waals surface area contributed by atoms with E-state index in [9.17, 15) is 4.79 Å².